The summed E-state index contributed by atoms with van der Waals surface area (Å²) in [6.07, 6.45) is 3.78. The van der Waals surface area contributed by atoms with Crippen molar-refractivity contribution in [3.05, 3.63) is 57.5 Å². The van der Waals surface area contributed by atoms with Crippen LogP contribution in [0.4, 0.5) is 11.4 Å². The Labute approximate surface area is 156 Å². The minimum absolute atomic E-state index is 0.208. The van der Waals surface area contributed by atoms with Gasteiger partial charge in [-0.2, -0.15) is 0 Å². The van der Waals surface area contributed by atoms with Crippen LogP contribution in [0.15, 0.2) is 46.9 Å². The van der Waals surface area contributed by atoms with E-state index in [0.717, 1.165) is 16.7 Å². The summed E-state index contributed by atoms with van der Waals surface area (Å²) in [5.74, 6) is -0.208. The molecule has 2 aromatic carbocycles. The number of nitrogens with zero attached hydrogens (tertiary/aromatic N) is 1. The summed E-state index contributed by atoms with van der Waals surface area (Å²) in [6, 6.07) is 13.8. The van der Waals surface area contributed by atoms with Crippen molar-refractivity contribution >= 4 is 44.8 Å². The Balaban J connectivity index is 1.72. The molecule has 1 N–H and O–H groups in total. The Morgan fingerprint density at radius 3 is 2.67 bits per heavy atom. The molecule has 1 fully saturated rings. The molecule has 1 saturated heterocycles. The predicted molar refractivity (Wildman–Crippen MR) is 104 cm³/mol. The van der Waals surface area contributed by atoms with Crippen LogP contribution in [0.1, 0.15) is 36.5 Å². The molecule has 2 aromatic rings. The number of benzene rings is 2. The highest BCUT2D eigenvalue weighted by Gasteiger charge is 2.18. The quantitative estimate of drug-likeness (QED) is 0.704. The van der Waals surface area contributed by atoms with Gasteiger partial charge in [-0.1, -0.05) is 27.5 Å². The monoisotopic (exact) mass is 406 g/mol. The summed E-state index contributed by atoms with van der Waals surface area (Å²) in [7, 11) is 0. The van der Waals surface area contributed by atoms with E-state index >= 15 is 0 Å². The van der Waals surface area contributed by atoms with Crippen LogP contribution in [-0.4, -0.2) is 18.5 Å². The molecule has 1 atom stereocenters. The lowest BCUT2D eigenvalue weighted by molar-refractivity contribution is 0.102. The van der Waals surface area contributed by atoms with Crippen molar-refractivity contribution in [2.45, 2.75) is 32.2 Å². The van der Waals surface area contributed by atoms with Gasteiger partial charge in [0.1, 0.15) is 0 Å². The third-order valence-electron chi connectivity index (χ3n) is 4.43. The lowest BCUT2D eigenvalue weighted by atomic mass is 10.0. The van der Waals surface area contributed by atoms with Crippen LogP contribution < -0.4 is 10.2 Å². The topological polar surface area (TPSA) is 32.3 Å². The summed E-state index contributed by atoms with van der Waals surface area (Å²) in [5.41, 5.74) is 2.44. The molecule has 0 aromatic heterocycles. The largest absolute Gasteiger partial charge is 0.369 e. The number of rotatable bonds is 3. The summed E-state index contributed by atoms with van der Waals surface area (Å²) < 4.78 is 0.825. The van der Waals surface area contributed by atoms with Crippen LogP contribution in [0, 0.1) is 0 Å². The molecule has 1 heterocycles. The van der Waals surface area contributed by atoms with Gasteiger partial charge in [0.15, 0.2) is 0 Å². The second kappa shape index (κ2) is 7.58. The molecule has 0 saturated carbocycles. The first kappa shape index (κ1) is 17.3. The van der Waals surface area contributed by atoms with E-state index in [0.29, 0.717) is 16.6 Å². The number of piperidine rings is 1. The fraction of sp³-hybridized carbons (Fsp3) is 0.316. The molecule has 1 amide bonds. The van der Waals surface area contributed by atoms with Crippen LogP contribution >= 0.6 is 27.5 Å². The number of hydrogen-bond acceptors (Lipinski definition) is 2. The highest BCUT2D eigenvalue weighted by atomic mass is 79.9. The fourth-order valence-electron chi connectivity index (χ4n) is 3.09. The first-order valence-corrected chi connectivity index (χ1v) is 9.35. The van der Waals surface area contributed by atoms with Crippen LogP contribution in [0.2, 0.25) is 5.02 Å². The van der Waals surface area contributed by atoms with Gasteiger partial charge in [-0.15, -0.1) is 0 Å². The molecule has 0 bridgehead atoms. The first-order valence-electron chi connectivity index (χ1n) is 8.18. The molecule has 0 unspecified atom stereocenters. The smallest absolute Gasteiger partial charge is 0.257 e. The first-order chi connectivity index (χ1) is 11.5. The number of anilines is 2. The molecule has 3 nitrogen and oxygen atoms in total. The van der Waals surface area contributed by atoms with Crippen LogP contribution in [-0.2, 0) is 0 Å². The van der Waals surface area contributed by atoms with Gasteiger partial charge in [0.2, 0.25) is 0 Å². The SMILES string of the molecule is C[C@@H]1CCCCN1c1ccc(NC(=O)c2cc(Br)ccc2Cl)cc1. The van der Waals surface area contributed by atoms with Crippen LogP contribution in [0.5, 0.6) is 0 Å². The maximum absolute atomic E-state index is 12.4. The van der Waals surface area contributed by atoms with Crippen molar-refractivity contribution in [2.24, 2.45) is 0 Å². The lowest BCUT2D eigenvalue weighted by Crippen LogP contribution is -2.37. The molecule has 1 aliphatic rings. The van der Waals surface area contributed by atoms with E-state index in [4.69, 9.17) is 11.6 Å². The zero-order valence-electron chi connectivity index (χ0n) is 13.6. The third-order valence-corrected chi connectivity index (χ3v) is 5.26. The Kier molecular flexibility index (Phi) is 5.47. The summed E-state index contributed by atoms with van der Waals surface area (Å²) in [6.45, 7) is 3.37. The van der Waals surface area contributed by atoms with E-state index in [1.54, 1.807) is 12.1 Å². The highest BCUT2D eigenvalue weighted by molar-refractivity contribution is 9.10. The highest BCUT2D eigenvalue weighted by Crippen LogP contribution is 2.26. The van der Waals surface area contributed by atoms with Gasteiger partial charge in [-0.3, -0.25) is 4.79 Å². The average Bonchev–Trinajstić information content (AvgIpc) is 2.58. The number of carbonyl (C=O) groups excluding carboxylic acids is 1. The van der Waals surface area contributed by atoms with Crippen LogP contribution in [0.25, 0.3) is 0 Å². The Morgan fingerprint density at radius 2 is 1.96 bits per heavy atom. The summed E-state index contributed by atoms with van der Waals surface area (Å²) in [5, 5.41) is 3.34. The standard InChI is InChI=1S/C19H20BrClN2O/c1-13-4-2-3-11-23(13)16-8-6-15(7-9-16)22-19(24)17-12-14(20)5-10-18(17)21/h5-10,12-13H,2-4,11H2,1H3,(H,22,24)/t13-/m1/s1. The van der Waals surface area contributed by atoms with Crippen molar-refractivity contribution in [1.29, 1.82) is 0 Å². The van der Waals surface area contributed by atoms with Gasteiger partial charge >= 0.3 is 0 Å². The second-order valence-electron chi connectivity index (χ2n) is 6.16. The van der Waals surface area contributed by atoms with Gasteiger partial charge in [0.25, 0.3) is 5.91 Å². The molecule has 0 aliphatic carbocycles. The molecular weight excluding hydrogens is 388 g/mol. The predicted octanol–water partition coefficient (Wildman–Crippen LogP) is 5.73. The number of nitrogens with one attached hydrogen (secondary N) is 1. The van der Waals surface area contributed by atoms with E-state index in [2.05, 4.69) is 45.2 Å². The van der Waals surface area contributed by atoms with Crippen molar-refractivity contribution in [2.75, 3.05) is 16.8 Å². The zero-order valence-corrected chi connectivity index (χ0v) is 15.9. The molecule has 1 aliphatic heterocycles. The van der Waals surface area contributed by atoms with Crippen molar-refractivity contribution in [3.63, 3.8) is 0 Å². The van der Waals surface area contributed by atoms with Gasteiger partial charge in [-0.25, -0.2) is 0 Å². The molecule has 5 heteroatoms. The molecule has 126 valence electrons. The van der Waals surface area contributed by atoms with Gasteiger partial charge in [-0.05, 0) is 68.7 Å². The van der Waals surface area contributed by atoms with Gasteiger partial charge in [0, 0.05) is 28.4 Å². The summed E-state index contributed by atoms with van der Waals surface area (Å²) in [4.78, 5) is 14.8. The summed E-state index contributed by atoms with van der Waals surface area (Å²) >= 11 is 9.48. The average molecular weight is 408 g/mol. The van der Waals surface area contributed by atoms with Crippen molar-refractivity contribution in [3.8, 4) is 0 Å². The van der Waals surface area contributed by atoms with E-state index < -0.39 is 0 Å². The fourth-order valence-corrected chi connectivity index (χ4v) is 3.65. The Hall–Kier alpha value is -1.52. The van der Waals surface area contributed by atoms with E-state index in [1.165, 1.54) is 24.9 Å². The molecule has 24 heavy (non-hydrogen) atoms. The number of hydrogen-bond donors (Lipinski definition) is 1. The minimum Gasteiger partial charge on any atom is -0.369 e. The van der Waals surface area contributed by atoms with E-state index in [-0.39, 0.29) is 5.91 Å². The normalized spacial score (nSPS) is 17.6. The van der Waals surface area contributed by atoms with Gasteiger partial charge < -0.3 is 10.2 Å². The third kappa shape index (κ3) is 3.93. The van der Waals surface area contributed by atoms with Crippen molar-refractivity contribution in [1.82, 2.24) is 0 Å². The number of carbonyl (C=O) groups is 1. The molecule has 3 rings (SSSR count). The zero-order chi connectivity index (χ0) is 17.1. The van der Waals surface area contributed by atoms with Crippen LogP contribution in [0.3, 0.4) is 0 Å². The number of halogens is 2. The Bertz CT molecular complexity index is 733. The van der Waals surface area contributed by atoms with E-state index in [9.17, 15) is 4.79 Å². The van der Waals surface area contributed by atoms with Gasteiger partial charge in [0.05, 0.1) is 10.6 Å². The molecule has 0 spiro atoms. The van der Waals surface area contributed by atoms with Crippen molar-refractivity contribution < 1.29 is 4.79 Å². The van der Waals surface area contributed by atoms with E-state index in [1.807, 2.05) is 18.2 Å². The maximum atomic E-state index is 12.4. The maximum Gasteiger partial charge on any atom is 0.257 e. The minimum atomic E-state index is -0.208. The number of amides is 1. The lowest BCUT2D eigenvalue weighted by Gasteiger charge is -2.35. The Morgan fingerprint density at radius 1 is 1.21 bits per heavy atom. The molecular formula is C19H20BrClN2O. The molecule has 0 radical (unpaired) electrons. The second-order valence-corrected chi connectivity index (χ2v) is 7.49.